The van der Waals surface area contributed by atoms with E-state index in [-0.39, 0.29) is 19.7 Å². The lowest BCUT2D eigenvalue weighted by Crippen LogP contribution is -2.42. The molecule has 32 heavy (non-hydrogen) atoms. The fourth-order valence-corrected chi connectivity index (χ4v) is 3.45. The van der Waals surface area contributed by atoms with E-state index in [2.05, 4.69) is 20.8 Å². The first kappa shape index (κ1) is 30.8. The van der Waals surface area contributed by atoms with Gasteiger partial charge in [-0.25, -0.2) is 0 Å². The van der Waals surface area contributed by atoms with Gasteiger partial charge < -0.3 is 29.6 Å². The zero-order valence-electron chi connectivity index (χ0n) is 21.2. The Morgan fingerprint density at radius 3 is 1.66 bits per heavy atom. The molecule has 1 rings (SSSR count). The van der Waals surface area contributed by atoms with Crippen LogP contribution in [0.25, 0.3) is 0 Å². The van der Waals surface area contributed by atoms with Gasteiger partial charge in [-0.2, -0.15) is 0 Å². The second-order valence-corrected chi connectivity index (χ2v) is 8.41. The lowest BCUT2D eigenvalue weighted by atomic mass is 9.72. The van der Waals surface area contributed by atoms with Gasteiger partial charge in [-0.1, -0.05) is 41.0 Å². The zero-order valence-corrected chi connectivity index (χ0v) is 21.2. The van der Waals surface area contributed by atoms with Gasteiger partial charge in [-0.05, 0) is 24.2 Å². The predicted octanol–water partition coefficient (Wildman–Crippen LogP) is 3.27. The molecule has 0 saturated carbocycles. The maximum absolute atomic E-state index is 12.3. The number of carbonyl (C=O) groups is 2. The van der Waals surface area contributed by atoms with Crippen molar-refractivity contribution in [2.24, 2.45) is 17.1 Å². The Morgan fingerprint density at radius 2 is 1.25 bits per heavy atom. The fraction of sp³-hybridized carbons (Fsp3) is 0.917. The molecule has 1 saturated heterocycles. The number of rotatable bonds is 17. The number of likely N-dealkylation sites (tertiary alicyclic amines) is 1. The van der Waals surface area contributed by atoms with E-state index in [9.17, 15) is 9.59 Å². The summed E-state index contributed by atoms with van der Waals surface area (Å²) in [5.41, 5.74) is 5.37. The van der Waals surface area contributed by atoms with E-state index in [0.29, 0.717) is 70.6 Å². The van der Waals surface area contributed by atoms with Crippen LogP contribution >= 0.6 is 0 Å². The first-order valence-corrected chi connectivity index (χ1v) is 12.2. The molecular formula is C24H50N2O6. The van der Waals surface area contributed by atoms with Crippen LogP contribution in [0.2, 0.25) is 0 Å². The molecule has 0 bridgehead atoms. The van der Waals surface area contributed by atoms with Gasteiger partial charge in [-0.15, -0.1) is 0 Å². The molecule has 2 N–H and O–H groups in total. The highest BCUT2D eigenvalue weighted by Gasteiger charge is 2.32. The lowest BCUT2D eigenvalue weighted by molar-refractivity contribution is -0.134. The molecule has 0 atom stereocenters. The Labute approximate surface area is 196 Å². The Bertz CT molecular complexity index is 486. The number of nitrogens with zero attached hydrogens (tertiary/aromatic N) is 1. The van der Waals surface area contributed by atoms with Crippen molar-refractivity contribution in [3.8, 4) is 0 Å². The van der Waals surface area contributed by atoms with Crippen molar-refractivity contribution in [3.05, 3.63) is 0 Å². The maximum Gasteiger partial charge on any atom is 0.224 e. The molecule has 0 aromatic carbocycles. The third-order valence-electron chi connectivity index (χ3n) is 5.93. The van der Waals surface area contributed by atoms with Crippen LogP contribution < -0.4 is 5.73 Å². The van der Waals surface area contributed by atoms with Crippen LogP contribution in [0.4, 0.5) is 0 Å². The number of hydrogen-bond acceptors (Lipinski definition) is 6. The molecule has 2 amide bonds. The van der Waals surface area contributed by atoms with Gasteiger partial charge in [0.05, 0.1) is 59.3 Å². The Morgan fingerprint density at radius 1 is 0.844 bits per heavy atom. The molecule has 0 spiro atoms. The topological polar surface area (TPSA) is 100 Å². The minimum absolute atomic E-state index is 0. The Balaban J connectivity index is 0. The molecule has 1 fully saturated rings. The standard InChI is InChI=1S/C22H42N2O6.C2H6.H2/c1-4-22(2,3)19-5-9-24(10-6-19)21(26)8-12-28-14-16-30-18-17-29-15-13-27-11-7-20(23)25;1-2;/h19H,4-18H2,1-3H3,(H2,23,25);1-2H3;1H. The quantitative estimate of drug-likeness (QED) is 0.333. The number of nitrogens with two attached hydrogens (primary N) is 1. The Kier molecular flexibility index (Phi) is 18.5. The lowest BCUT2D eigenvalue weighted by Gasteiger charge is -2.40. The van der Waals surface area contributed by atoms with Gasteiger partial charge in [0, 0.05) is 20.9 Å². The molecule has 1 aliphatic heterocycles. The summed E-state index contributed by atoms with van der Waals surface area (Å²) in [6, 6.07) is 0. The molecular weight excluding hydrogens is 412 g/mol. The summed E-state index contributed by atoms with van der Waals surface area (Å²) in [5, 5.41) is 0. The summed E-state index contributed by atoms with van der Waals surface area (Å²) in [6.45, 7) is 16.2. The minimum Gasteiger partial charge on any atom is -0.379 e. The number of primary amides is 1. The maximum atomic E-state index is 12.3. The van der Waals surface area contributed by atoms with E-state index in [1.54, 1.807) is 0 Å². The van der Waals surface area contributed by atoms with Crippen LogP contribution in [0.15, 0.2) is 0 Å². The zero-order chi connectivity index (χ0) is 24.2. The molecule has 0 aromatic rings. The highest BCUT2D eigenvalue weighted by molar-refractivity contribution is 5.76. The number of ether oxygens (including phenoxy) is 4. The molecule has 8 heteroatoms. The molecule has 0 radical (unpaired) electrons. The van der Waals surface area contributed by atoms with Crippen LogP contribution in [0.5, 0.6) is 0 Å². The molecule has 0 unspecified atom stereocenters. The van der Waals surface area contributed by atoms with E-state index in [0.717, 1.165) is 25.9 Å². The molecule has 1 aliphatic rings. The smallest absolute Gasteiger partial charge is 0.224 e. The summed E-state index contributed by atoms with van der Waals surface area (Å²) in [7, 11) is 0. The van der Waals surface area contributed by atoms with Crippen molar-refractivity contribution in [3.63, 3.8) is 0 Å². The van der Waals surface area contributed by atoms with Crippen LogP contribution in [-0.4, -0.2) is 82.7 Å². The summed E-state index contributed by atoms with van der Waals surface area (Å²) in [6.07, 6.45) is 4.04. The van der Waals surface area contributed by atoms with Crippen molar-refractivity contribution in [1.29, 1.82) is 0 Å². The van der Waals surface area contributed by atoms with Crippen molar-refractivity contribution >= 4 is 11.8 Å². The van der Waals surface area contributed by atoms with Gasteiger partial charge in [0.2, 0.25) is 11.8 Å². The second kappa shape index (κ2) is 19.3. The first-order chi connectivity index (χ1) is 15.4. The van der Waals surface area contributed by atoms with Crippen LogP contribution in [0.3, 0.4) is 0 Å². The van der Waals surface area contributed by atoms with E-state index < -0.39 is 0 Å². The number of amides is 2. The molecule has 0 aliphatic carbocycles. The first-order valence-electron chi connectivity index (χ1n) is 12.2. The highest BCUT2D eigenvalue weighted by Crippen LogP contribution is 2.37. The molecule has 8 nitrogen and oxygen atoms in total. The van der Waals surface area contributed by atoms with Crippen molar-refractivity contribution in [2.45, 2.75) is 66.7 Å². The summed E-state index contributed by atoms with van der Waals surface area (Å²) >= 11 is 0. The normalized spacial score (nSPS) is 14.7. The van der Waals surface area contributed by atoms with Gasteiger partial charge in [-0.3, -0.25) is 9.59 Å². The molecule has 1 heterocycles. The third-order valence-corrected chi connectivity index (χ3v) is 5.93. The average molecular weight is 463 g/mol. The average Bonchev–Trinajstić information content (AvgIpc) is 2.80. The number of piperidine rings is 1. The van der Waals surface area contributed by atoms with E-state index in [1.165, 1.54) is 6.42 Å². The van der Waals surface area contributed by atoms with Crippen molar-refractivity contribution in [1.82, 2.24) is 4.90 Å². The highest BCUT2D eigenvalue weighted by atomic mass is 16.6. The number of carbonyl (C=O) groups excluding carboxylic acids is 2. The van der Waals surface area contributed by atoms with E-state index >= 15 is 0 Å². The van der Waals surface area contributed by atoms with Gasteiger partial charge in [0.1, 0.15) is 0 Å². The third kappa shape index (κ3) is 14.8. The fourth-order valence-electron chi connectivity index (χ4n) is 3.45. The summed E-state index contributed by atoms with van der Waals surface area (Å²) in [5.74, 6) is 0.528. The van der Waals surface area contributed by atoms with Crippen molar-refractivity contribution < 1.29 is 30.0 Å². The summed E-state index contributed by atoms with van der Waals surface area (Å²) in [4.78, 5) is 24.8. The largest absolute Gasteiger partial charge is 0.379 e. The molecule has 0 aromatic heterocycles. The van der Waals surface area contributed by atoms with Crippen LogP contribution in [0, 0.1) is 11.3 Å². The summed E-state index contributed by atoms with van der Waals surface area (Å²) < 4.78 is 21.5. The van der Waals surface area contributed by atoms with Gasteiger partial charge >= 0.3 is 0 Å². The minimum atomic E-state index is -0.368. The monoisotopic (exact) mass is 462 g/mol. The van der Waals surface area contributed by atoms with Crippen molar-refractivity contribution in [2.75, 3.05) is 65.9 Å². The van der Waals surface area contributed by atoms with Crippen LogP contribution in [-0.2, 0) is 28.5 Å². The van der Waals surface area contributed by atoms with Crippen LogP contribution in [0.1, 0.15) is 68.1 Å². The van der Waals surface area contributed by atoms with Gasteiger partial charge in [0.25, 0.3) is 0 Å². The number of hydrogen-bond donors (Lipinski definition) is 1. The second-order valence-electron chi connectivity index (χ2n) is 8.41. The van der Waals surface area contributed by atoms with E-state index in [4.69, 9.17) is 24.7 Å². The predicted molar refractivity (Wildman–Crippen MR) is 129 cm³/mol. The SMILES string of the molecule is CC.CCC(C)(C)C1CCN(C(=O)CCOCCOCCOCCOCCC(N)=O)CC1.[HH]. The Hall–Kier alpha value is -1.22. The van der Waals surface area contributed by atoms with E-state index in [1.807, 2.05) is 18.7 Å². The van der Waals surface area contributed by atoms with Gasteiger partial charge in [0.15, 0.2) is 0 Å². The molecule has 192 valence electrons.